The monoisotopic (exact) mass is 381 g/mol. The van der Waals surface area contributed by atoms with Crippen LogP contribution in [0.15, 0.2) is 54.7 Å². The molecule has 0 unspecified atom stereocenters. The molecular formula is C28H31N. The zero-order valence-corrected chi connectivity index (χ0v) is 18.6. The number of hydrogen-bond acceptors (Lipinski definition) is 1. The fourth-order valence-electron chi connectivity index (χ4n) is 5.66. The Bertz CT molecular complexity index is 1130. The van der Waals surface area contributed by atoms with Gasteiger partial charge in [0.15, 0.2) is 0 Å². The molecule has 0 bridgehead atoms. The number of pyridine rings is 1. The summed E-state index contributed by atoms with van der Waals surface area (Å²) in [4.78, 5) is 5.03. The summed E-state index contributed by atoms with van der Waals surface area (Å²) >= 11 is 0. The normalized spacial score (nSPS) is 19.9. The Kier molecular flexibility index (Phi) is 3.73. The standard InChI is InChI=1S/C28H31N/c1-26(2)14-15-27(3,4)23-17-29-24(16-22(23)26)20-12-9-11-19-18-10-7-8-13-21(18)28(5,6)25(19)20/h7-13,16-17H,14-15H2,1-6H3. The predicted octanol–water partition coefficient (Wildman–Crippen LogP) is 7.40. The zero-order chi connectivity index (χ0) is 20.6. The highest BCUT2D eigenvalue weighted by Crippen LogP contribution is 2.52. The maximum absolute atomic E-state index is 5.03. The Morgan fingerprint density at radius 2 is 1.28 bits per heavy atom. The highest BCUT2D eigenvalue weighted by atomic mass is 14.7. The van der Waals surface area contributed by atoms with Crippen molar-refractivity contribution in [1.29, 1.82) is 0 Å². The summed E-state index contributed by atoms with van der Waals surface area (Å²) < 4.78 is 0. The van der Waals surface area contributed by atoms with Gasteiger partial charge < -0.3 is 0 Å². The Morgan fingerprint density at radius 1 is 0.655 bits per heavy atom. The molecule has 2 aromatic carbocycles. The SMILES string of the molecule is CC1(C)CCC(C)(C)c2cc(-c3cccc4c3C(C)(C)c3ccccc3-4)ncc21. The van der Waals surface area contributed by atoms with E-state index in [9.17, 15) is 0 Å². The average molecular weight is 382 g/mol. The van der Waals surface area contributed by atoms with Crippen LogP contribution in [-0.2, 0) is 16.2 Å². The molecule has 2 aliphatic rings. The van der Waals surface area contributed by atoms with E-state index in [2.05, 4.69) is 96.3 Å². The van der Waals surface area contributed by atoms with Crippen LogP contribution in [0, 0.1) is 0 Å². The Morgan fingerprint density at radius 3 is 2.03 bits per heavy atom. The third kappa shape index (κ3) is 2.56. The van der Waals surface area contributed by atoms with Gasteiger partial charge in [0.25, 0.3) is 0 Å². The zero-order valence-electron chi connectivity index (χ0n) is 18.6. The van der Waals surface area contributed by atoms with E-state index in [-0.39, 0.29) is 16.2 Å². The predicted molar refractivity (Wildman–Crippen MR) is 123 cm³/mol. The quantitative estimate of drug-likeness (QED) is 0.428. The minimum absolute atomic E-state index is 0.0190. The van der Waals surface area contributed by atoms with E-state index in [0.717, 1.165) is 5.69 Å². The molecule has 0 radical (unpaired) electrons. The van der Waals surface area contributed by atoms with E-state index in [1.807, 2.05) is 0 Å². The number of hydrogen-bond donors (Lipinski definition) is 0. The summed E-state index contributed by atoms with van der Waals surface area (Å²) in [5, 5.41) is 0. The molecule has 0 saturated heterocycles. The molecule has 1 aromatic heterocycles. The van der Waals surface area contributed by atoms with Crippen molar-refractivity contribution < 1.29 is 0 Å². The molecule has 0 saturated carbocycles. The summed E-state index contributed by atoms with van der Waals surface area (Å²) in [7, 11) is 0. The van der Waals surface area contributed by atoms with Gasteiger partial charge in [0.2, 0.25) is 0 Å². The van der Waals surface area contributed by atoms with Crippen molar-refractivity contribution in [2.24, 2.45) is 0 Å². The van der Waals surface area contributed by atoms with Crippen LogP contribution in [0.25, 0.3) is 22.4 Å². The van der Waals surface area contributed by atoms with Crippen LogP contribution < -0.4 is 0 Å². The minimum atomic E-state index is -0.0190. The minimum Gasteiger partial charge on any atom is -0.256 e. The van der Waals surface area contributed by atoms with Crippen LogP contribution in [0.3, 0.4) is 0 Å². The van der Waals surface area contributed by atoms with Gasteiger partial charge in [0.05, 0.1) is 5.69 Å². The summed E-state index contributed by atoms with van der Waals surface area (Å²) in [6, 6.07) is 18.0. The Hall–Kier alpha value is -2.41. The fraction of sp³-hybridized carbons (Fsp3) is 0.393. The topological polar surface area (TPSA) is 12.9 Å². The summed E-state index contributed by atoms with van der Waals surface area (Å²) in [5.74, 6) is 0. The first-order valence-corrected chi connectivity index (χ1v) is 10.9. The number of benzene rings is 2. The van der Waals surface area contributed by atoms with Crippen molar-refractivity contribution in [3.05, 3.63) is 77.0 Å². The number of aromatic nitrogens is 1. The molecule has 2 aliphatic carbocycles. The maximum Gasteiger partial charge on any atom is 0.0708 e. The first kappa shape index (κ1) is 18.6. The molecule has 3 aromatic rings. The summed E-state index contributed by atoms with van der Waals surface area (Å²) in [6.07, 6.45) is 4.61. The third-order valence-electron chi connectivity index (χ3n) is 7.59. The lowest BCUT2D eigenvalue weighted by molar-refractivity contribution is 0.331. The highest BCUT2D eigenvalue weighted by molar-refractivity contribution is 5.87. The van der Waals surface area contributed by atoms with Crippen molar-refractivity contribution in [2.45, 2.75) is 70.6 Å². The molecule has 0 atom stereocenters. The van der Waals surface area contributed by atoms with E-state index in [0.29, 0.717) is 0 Å². The Balaban J connectivity index is 1.75. The van der Waals surface area contributed by atoms with Gasteiger partial charge in [-0.25, -0.2) is 0 Å². The number of nitrogens with zero attached hydrogens (tertiary/aromatic N) is 1. The van der Waals surface area contributed by atoms with Crippen LogP contribution in [0.5, 0.6) is 0 Å². The molecule has 1 heteroatoms. The lowest BCUT2D eigenvalue weighted by Gasteiger charge is -2.41. The molecule has 0 spiro atoms. The summed E-state index contributed by atoms with van der Waals surface area (Å²) in [6.45, 7) is 14.2. The molecular weight excluding hydrogens is 350 g/mol. The van der Waals surface area contributed by atoms with Gasteiger partial charge in [-0.15, -0.1) is 0 Å². The fourth-order valence-corrected chi connectivity index (χ4v) is 5.66. The summed E-state index contributed by atoms with van der Waals surface area (Å²) in [5.41, 5.74) is 11.2. The molecule has 5 rings (SSSR count). The molecule has 1 nitrogen and oxygen atoms in total. The smallest absolute Gasteiger partial charge is 0.0708 e. The number of rotatable bonds is 1. The molecule has 1 heterocycles. The van der Waals surface area contributed by atoms with Crippen molar-refractivity contribution in [3.63, 3.8) is 0 Å². The van der Waals surface area contributed by atoms with Crippen molar-refractivity contribution in [2.75, 3.05) is 0 Å². The first-order chi connectivity index (χ1) is 13.6. The van der Waals surface area contributed by atoms with E-state index in [1.54, 1.807) is 0 Å². The maximum atomic E-state index is 5.03. The molecule has 29 heavy (non-hydrogen) atoms. The molecule has 0 fully saturated rings. The van der Waals surface area contributed by atoms with E-state index < -0.39 is 0 Å². The largest absolute Gasteiger partial charge is 0.256 e. The van der Waals surface area contributed by atoms with Gasteiger partial charge in [-0.05, 0) is 63.1 Å². The van der Waals surface area contributed by atoms with Gasteiger partial charge in [0, 0.05) is 17.2 Å². The van der Waals surface area contributed by atoms with E-state index >= 15 is 0 Å². The molecule has 148 valence electrons. The average Bonchev–Trinajstić information content (AvgIpc) is 2.93. The molecule has 0 N–H and O–H groups in total. The lowest BCUT2D eigenvalue weighted by Crippen LogP contribution is -2.34. The van der Waals surface area contributed by atoms with Gasteiger partial charge in [-0.3, -0.25) is 4.98 Å². The van der Waals surface area contributed by atoms with Gasteiger partial charge in [-0.2, -0.15) is 0 Å². The van der Waals surface area contributed by atoms with Crippen molar-refractivity contribution in [1.82, 2.24) is 4.98 Å². The van der Waals surface area contributed by atoms with Crippen molar-refractivity contribution in [3.8, 4) is 22.4 Å². The van der Waals surface area contributed by atoms with Gasteiger partial charge >= 0.3 is 0 Å². The van der Waals surface area contributed by atoms with Gasteiger partial charge in [0.1, 0.15) is 0 Å². The molecule has 0 amide bonds. The van der Waals surface area contributed by atoms with Gasteiger partial charge in [-0.1, -0.05) is 84.0 Å². The lowest BCUT2D eigenvalue weighted by atomic mass is 9.63. The van der Waals surface area contributed by atoms with Crippen LogP contribution in [0.2, 0.25) is 0 Å². The van der Waals surface area contributed by atoms with Crippen LogP contribution in [0.1, 0.15) is 76.6 Å². The highest BCUT2D eigenvalue weighted by Gasteiger charge is 2.40. The first-order valence-electron chi connectivity index (χ1n) is 10.9. The number of fused-ring (bicyclic) bond motifs is 4. The Labute approximate surface area is 175 Å². The van der Waals surface area contributed by atoms with Crippen LogP contribution in [-0.4, -0.2) is 4.98 Å². The van der Waals surface area contributed by atoms with E-state index in [4.69, 9.17) is 4.98 Å². The second kappa shape index (κ2) is 5.81. The second-order valence-electron chi connectivity index (χ2n) is 10.8. The second-order valence-corrected chi connectivity index (χ2v) is 10.8. The molecule has 0 aliphatic heterocycles. The van der Waals surface area contributed by atoms with Crippen molar-refractivity contribution >= 4 is 0 Å². The third-order valence-corrected chi connectivity index (χ3v) is 7.59. The van der Waals surface area contributed by atoms with Crippen LogP contribution in [0.4, 0.5) is 0 Å². The van der Waals surface area contributed by atoms with E-state index in [1.165, 1.54) is 51.8 Å². The van der Waals surface area contributed by atoms with Crippen LogP contribution >= 0.6 is 0 Å².